The second kappa shape index (κ2) is 5.44. The van der Waals surface area contributed by atoms with E-state index in [2.05, 4.69) is 21.2 Å². The van der Waals surface area contributed by atoms with Gasteiger partial charge in [0.1, 0.15) is 5.75 Å². The normalized spacial score (nSPS) is 14.9. The zero-order valence-corrected chi connectivity index (χ0v) is 12.3. The summed E-state index contributed by atoms with van der Waals surface area (Å²) in [6, 6.07) is 9.01. The minimum Gasteiger partial charge on any atom is -0.482 e. The molecule has 1 heterocycles. The second-order valence-corrected chi connectivity index (χ2v) is 5.54. The molecule has 1 atom stereocenters. The van der Waals surface area contributed by atoms with Crippen molar-refractivity contribution in [1.29, 1.82) is 0 Å². The molecule has 3 rings (SSSR count). The Balaban J connectivity index is 1.94. The SMILES string of the molecule is O=C1COc2ccc(C(Br)c3ccc(F)c(F)c3)cc2N1. The molecule has 0 aliphatic carbocycles. The van der Waals surface area contributed by atoms with Crippen LogP contribution in [0.4, 0.5) is 14.5 Å². The highest BCUT2D eigenvalue weighted by molar-refractivity contribution is 9.09. The van der Waals surface area contributed by atoms with Gasteiger partial charge in [-0.3, -0.25) is 4.79 Å². The van der Waals surface area contributed by atoms with E-state index in [4.69, 9.17) is 4.74 Å². The molecule has 0 spiro atoms. The predicted octanol–water partition coefficient (Wildman–Crippen LogP) is 3.78. The maximum Gasteiger partial charge on any atom is 0.262 e. The first-order valence-electron chi connectivity index (χ1n) is 6.20. The fraction of sp³-hybridized carbons (Fsp3) is 0.133. The number of halogens is 3. The molecule has 108 valence electrons. The fourth-order valence-corrected chi connectivity index (χ4v) is 2.69. The molecule has 0 saturated heterocycles. The number of hydrogen-bond acceptors (Lipinski definition) is 2. The molecular weight excluding hydrogens is 344 g/mol. The van der Waals surface area contributed by atoms with Crippen molar-refractivity contribution >= 4 is 27.5 Å². The summed E-state index contributed by atoms with van der Waals surface area (Å²) in [5, 5.41) is 2.71. The molecule has 1 N–H and O–H groups in total. The Labute approximate surface area is 128 Å². The average molecular weight is 354 g/mol. The summed E-state index contributed by atoms with van der Waals surface area (Å²) in [6.45, 7) is -0.00669. The van der Waals surface area contributed by atoms with Gasteiger partial charge in [0.2, 0.25) is 0 Å². The first-order chi connectivity index (χ1) is 10.0. The topological polar surface area (TPSA) is 38.3 Å². The van der Waals surface area contributed by atoms with E-state index < -0.39 is 11.6 Å². The zero-order chi connectivity index (χ0) is 15.0. The van der Waals surface area contributed by atoms with Gasteiger partial charge in [0, 0.05) is 0 Å². The van der Waals surface area contributed by atoms with Crippen LogP contribution in [-0.4, -0.2) is 12.5 Å². The number of amides is 1. The van der Waals surface area contributed by atoms with E-state index in [0.29, 0.717) is 17.0 Å². The maximum atomic E-state index is 13.3. The van der Waals surface area contributed by atoms with Gasteiger partial charge < -0.3 is 10.1 Å². The molecule has 0 bridgehead atoms. The largest absolute Gasteiger partial charge is 0.482 e. The molecule has 0 radical (unpaired) electrons. The molecule has 0 aromatic heterocycles. The number of carbonyl (C=O) groups excluding carboxylic acids is 1. The summed E-state index contributed by atoms with van der Waals surface area (Å²) in [6.07, 6.45) is 0. The number of hydrogen-bond donors (Lipinski definition) is 1. The lowest BCUT2D eigenvalue weighted by molar-refractivity contribution is -0.118. The van der Waals surface area contributed by atoms with Gasteiger partial charge in [0.25, 0.3) is 5.91 Å². The van der Waals surface area contributed by atoms with E-state index in [1.54, 1.807) is 18.2 Å². The van der Waals surface area contributed by atoms with Crippen molar-refractivity contribution < 1.29 is 18.3 Å². The summed E-state index contributed by atoms with van der Waals surface area (Å²) in [5.74, 6) is -1.42. The Morgan fingerprint density at radius 2 is 1.81 bits per heavy atom. The van der Waals surface area contributed by atoms with Gasteiger partial charge in [-0.05, 0) is 35.4 Å². The van der Waals surface area contributed by atoms with Gasteiger partial charge in [-0.25, -0.2) is 8.78 Å². The van der Waals surface area contributed by atoms with Gasteiger partial charge >= 0.3 is 0 Å². The van der Waals surface area contributed by atoms with E-state index in [1.165, 1.54) is 6.07 Å². The van der Waals surface area contributed by atoms with Crippen LogP contribution in [0.5, 0.6) is 5.75 Å². The molecule has 2 aromatic rings. The highest BCUT2D eigenvalue weighted by atomic mass is 79.9. The first kappa shape index (κ1) is 14.0. The van der Waals surface area contributed by atoms with Gasteiger partial charge in [-0.2, -0.15) is 0 Å². The third kappa shape index (κ3) is 2.76. The van der Waals surface area contributed by atoms with Crippen LogP contribution in [0.25, 0.3) is 0 Å². The number of nitrogens with one attached hydrogen (secondary N) is 1. The van der Waals surface area contributed by atoms with Crippen LogP contribution in [0, 0.1) is 11.6 Å². The molecule has 0 saturated carbocycles. The van der Waals surface area contributed by atoms with E-state index in [1.807, 2.05) is 0 Å². The van der Waals surface area contributed by atoms with Gasteiger partial charge in [-0.15, -0.1) is 0 Å². The smallest absolute Gasteiger partial charge is 0.262 e. The highest BCUT2D eigenvalue weighted by Crippen LogP contribution is 2.36. The van der Waals surface area contributed by atoms with Crippen molar-refractivity contribution in [2.75, 3.05) is 11.9 Å². The number of anilines is 1. The molecule has 1 unspecified atom stereocenters. The van der Waals surface area contributed by atoms with Crippen molar-refractivity contribution in [3.63, 3.8) is 0 Å². The van der Waals surface area contributed by atoms with Gasteiger partial charge in [-0.1, -0.05) is 28.1 Å². The Bertz CT molecular complexity index is 721. The van der Waals surface area contributed by atoms with Crippen molar-refractivity contribution in [3.05, 3.63) is 59.2 Å². The quantitative estimate of drug-likeness (QED) is 0.834. The van der Waals surface area contributed by atoms with Gasteiger partial charge in [0.15, 0.2) is 18.2 Å². The van der Waals surface area contributed by atoms with Crippen LogP contribution >= 0.6 is 15.9 Å². The maximum absolute atomic E-state index is 13.3. The first-order valence-corrected chi connectivity index (χ1v) is 7.12. The van der Waals surface area contributed by atoms with Crippen LogP contribution in [-0.2, 0) is 4.79 Å². The lowest BCUT2D eigenvalue weighted by Gasteiger charge is -2.20. The lowest BCUT2D eigenvalue weighted by atomic mass is 10.0. The van der Waals surface area contributed by atoms with Crippen molar-refractivity contribution in [2.45, 2.75) is 4.83 Å². The van der Waals surface area contributed by atoms with Crippen LogP contribution in [0.3, 0.4) is 0 Å². The Morgan fingerprint density at radius 3 is 2.57 bits per heavy atom. The third-order valence-corrected chi connectivity index (χ3v) is 4.22. The molecule has 1 aliphatic heterocycles. The molecule has 3 nitrogen and oxygen atoms in total. The van der Waals surface area contributed by atoms with Crippen molar-refractivity contribution in [3.8, 4) is 5.75 Å². The van der Waals surface area contributed by atoms with E-state index in [-0.39, 0.29) is 17.3 Å². The monoisotopic (exact) mass is 353 g/mol. The standard InChI is InChI=1S/C15H10BrF2NO2/c16-15(8-1-3-10(17)11(18)5-8)9-2-4-13-12(6-9)19-14(20)7-21-13/h1-6,15H,7H2,(H,19,20). The molecule has 21 heavy (non-hydrogen) atoms. The minimum absolute atomic E-state index is 0.00669. The van der Waals surface area contributed by atoms with E-state index in [0.717, 1.165) is 17.7 Å². The fourth-order valence-electron chi connectivity index (χ4n) is 2.12. The summed E-state index contributed by atoms with van der Waals surface area (Å²) in [4.78, 5) is 11.0. The predicted molar refractivity (Wildman–Crippen MR) is 77.7 cm³/mol. The number of alkyl halides is 1. The number of carbonyl (C=O) groups is 1. The highest BCUT2D eigenvalue weighted by Gasteiger charge is 2.19. The molecule has 6 heteroatoms. The zero-order valence-electron chi connectivity index (χ0n) is 10.7. The van der Waals surface area contributed by atoms with Crippen molar-refractivity contribution in [1.82, 2.24) is 0 Å². The minimum atomic E-state index is -0.897. The van der Waals surface area contributed by atoms with Crippen LogP contribution in [0.15, 0.2) is 36.4 Å². The van der Waals surface area contributed by atoms with Crippen LogP contribution < -0.4 is 10.1 Å². The Kier molecular flexibility index (Phi) is 3.63. The summed E-state index contributed by atoms with van der Waals surface area (Å²) in [7, 11) is 0. The molecular formula is C15H10BrF2NO2. The molecule has 1 amide bonds. The van der Waals surface area contributed by atoms with Crippen molar-refractivity contribution in [2.24, 2.45) is 0 Å². The molecule has 2 aromatic carbocycles. The summed E-state index contributed by atoms with van der Waals surface area (Å²) in [5.41, 5.74) is 1.94. The van der Waals surface area contributed by atoms with E-state index >= 15 is 0 Å². The third-order valence-electron chi connectivity index (χ3n) is 3.17. The van der Waals surface area contributed by atoms with Crippen LogP contribution in [0.2, 0.25) is 0 Å². The Hall–Kier alpha value is -1.95. The summed E-state index contributed by atoms with van der Waals surface area (Å²) < 4.78 is 31.6. The number of rotatable bonds is 2. The Morgan fingerprint density at radius 1 is 1.10 bits per heavy atom. The molecule has 1 aliphatic rings. The second-order valence-electron chi connectivity index (χ2n) is 4.63. The number of fused-ring (bicyclic) bond motifs is 1. The lowest BCUT2D eigenvalue weighted by Crippen LogP contribution is -2.25. The summed E-state index contributed by atoms with van der Waals surface area (Å²) >= 11 is 3.45. The van der Waals surface area contributed by atoms with Crippen LogP contribution in [0.1, 0.15) is 16.0 Å². The number of ether oxygens (including phenoxy) is 1. The van der Waals surface area contributed by atoms with Gasteiger partial charge in [0.05, 0.1) is 10.5 Å². The van der Waals surface area contributed by atoms with E-state index in [9.17, 15) is 13.6 Å². The average Bonchev–Trinajstić information content (AvgIpc) is 2.48. The number of benzene rings is 2. The molecule has 0 fully saturated rings.